The fourth-order valence-electron chi connectivity index (χ4n) is 1.94. The average Bonchev–Trinajstić information content (AvgIpc) is 2.58. The van der Waals surface area contributed by atoms with E-state index >= 15 is 0 Å². The second-order valence-corrected chi connectivity index (χ2v) is 3.88. The van der Waals surface area contributed by atoms with Crippen LogP contribution in [-0.2, 0) is 11.2 Å². The zero-order valence-electron chi connectivity index (χ0n) is 8.37. The molecule has 1 atom stereocenters. The van der Waals surface area contributed by atoms with Crippen LogP contribution in [-0.4, -0.2) is 18.6 Å². The predicted octanol–water partition coefficient (Wildman–Crippen LogP) is 1.34. The molecule has 0 radical (unpaired) electrons. The molecule has 78 valence electrons. The minimum atomic E-state index is 0.0141. The summed E-state index contributed by atoms with van der Waals surface area (Å²) >= 11 is 0. The summed E-state index contributed by atoms with van der Waals surface area (Å²) in [5.74, 6) is 1.48. The van der Waals surface area contributed by atoms with E-state index in [9.17, 15) is 4.79 Å². The fourth-order valence-corrected chi connectivity index (χ4v) is 1.94. The first-order valence-corrected chi connectivity index (χ1v) is 4.99. The van der Waals surface area contributed by atoms with Crippen LogP contribution in [0, 0.1) is 0 Å². The Labute approximate surface area is 87.2 Å². The van der Waals surface area contributed by atoms with Gasteiger partial charge < -0.3 is 14.8 Å². The molecule has 0 aromatic heterocycles. The van der Waals surface area contributed by atoms with Crippen molar-refractivity contribution in [1.82, 2.24) is 0 Å². The summed E-state index contributed by atoms with van der Waals surface area (Å²) in [5, 5.41) is 2.79. The number of nitrogens with one attached hydrogen (secondary N) is 1. The van der Waals surface area contributed by atoms with Crippen molar-refractivity contribution < 1.29 is 14.3 Å². The molecule has 1 N–H and O–H groups in total. The normalized spacial score (nSPS) is 22.2. The summed E-state index contributed by atoms with van der Waals surface area (Å²) < 4.78 is 11.2. The third-order valence-corrected chi connectivity index (χ3v) is 2.63. The molecule has 0 spiro atoms. The highest BCUT2D eigenvalue weighted by Crippen LogP contribution is 2.41. The van der Waals surface area contributed by atoms with Gasteiger partial charge in [0.1, 0.15) is 12.7 Å². The highest BCUT2D eigenvalue weighted by atomic mass is 16.6. The van der Waals surface area contributed by atoms with Crippen molar-refractivity contribution in [3.63, 3.8) is 0 Å². The molecule has 2 aliphatic heterocycles. The van der Waals surface area contributed by atoms with Crippen molar-refractivity contribution in [2.75, 3.05) is 11.9 Å². The van der Waals surface area contributed by atoms with Gasteiger partial charge in [0.2, 0.25) is 5.91 Å². The van der Waals surface area contributed by atoms with Gasteiger partial charge in [-0.3, -0.25) is 4.79 Å². The number of rotatable bonds is 0. The molecule has 15 heavy (non-hydrogen) atoms. The Morgan fingerprint density at radius 3 is 3.20 bits per heavy atom. The molecule has 0 saturated heterocycles. The zero-order chi connectivity index (χ0) is 10.4. The van der Waals surface area contributed by atoms with E-state index in [1.54, 1.807) is 0 Å². The lowest BCUT2D eigenvalue weighted by atomic mass is 10.1. The van der Waals surface area contributed by atoms with Gasteiger partial charge >= 0.3 is 0 Å². The average molecular weight is 205 g/mol. The lowest BCUT2D eigenvalue weighted by molar-refractivity contribution is -0.115. The molecule has 0 bridgehead atoms. The van der Waals surface area contributed by atoms with Crippen molar-refractivity contribution >= 4 is 11.6 Å². The number of carbonyl (C=O) groups excluding carboxylic acids is 1. The van der Waals surface area contributed by atoms with Gasteiger partial charge in [-0.15, -0.1) is 0 Å². The largest absolute Gasteiger partial charge is 0.486 e. The number of anilines is 1. The van der Waals surface area contributed by atoms with Crippen LogP contribution in [0.2, 0.25) is 0 Å². The minimum absolute atomic E-state index is 0.0141. The van der Waals surface area contributed by atoms with Crippen LogP contribution >= 0.6 is 0 Å². The molecule has 1 aromatic carbocycles. The fraction of sp³-hybridized carbons (Fsp3) is 0.364. The van der Waals surface area contributed by atoms with E-state index in [2.05, 4.69) is 5.32 Å². The molecule has 0 fully saturated rings. The van der Waals surface area contributed by atoms with Crippen molar-refractivity contribution in [3.05, 3.63) is 17.7 Å². The number of fused-ring (bicyclic) bond motifs is 3. The monoisotopic (exact) mass is 205 g/mol. The summed E-state index contributed by atoms with van der Waals surface area (Å²) in [7, 11) is 0. The smallest absolute Gasteiger partial charge is 0.229 e. The highest BCUT2D eigenvalue weighted by molar-refractivity contribution is 6.00. The molecule has 1 amide bonds. The lowest BCUT2D eigenvalue weighted by Crippen LogP contribution is -2.26. The van der Waals surface area contributed by atoms with Gasteiger partial charge in [0, 0.05) is 11.3 Å². The first-order valence-electron chi connectivity index (χ1n) is 4.99. The van der Waals surface area contributed by atoms with Gasteiger partial charge in [0.15, 0.2) is 11.5 Å². The molecule has 3 rings (SSSR count). The van der Waals surface area contributed by atoms with Crippen LogP contribution in [0.25, 0.3) is 0 Å². The summed E-state index contributed by atoms with van der Waals surface area (Å²) in [5.41, 5.74) is 1.76. The van der Waals surface area contributed by atoms with E-state index in [1.165, 1.54) is 0 Å². The molecular weight excluding hydrogens is 194 g/mol. The second kappa shape index (κ2) is 2.89. The Hall–Kier alpha value is -1.71. The number of amides is 1. The third-order valence-electron chi connectivity index (χ3n) is 2.63. The maximum Gasteiger partial charge on any atom is 0.229 e. The molecule has 4 heteroatoms. The number of benzene rings is 1. The summed E-state index contributed by atoms with van der Waals surface area (Å²) in [6, 6.07) is 3.70. The minimum Gasteiger partial charge on any atom is -0.486 e. The third kappa shape index (κ3) is 1.25. The van der Waals surface area contributed by atoms with Crippen LogP contribution < -0.4 is 14.8 Å². The summed E-state index contributed by atoms with van der Waals surface area (Å²) in [6.07, 6.45) is 0.425. The zero-order valence-corrected chi connectivity index (χ0v) is 8.37. The van der Waals surface area contributed by atoms with E-state index in [0.29, 0.717) is 13.0 Å². The Bertz CT molecular complexity index is 442. The first kappa shape index (κ1) is 8.59. The van der Waals surface area contributed by atoms with Crippen LogP contribution in [0.15, 0.2) is 12.1 Å². The van der Waals surface area contributed by atoms with Crippen LogP contribution in [0.4, 0.5) is 5.69 Å². The second-order valence-electron chi connectivity index (χ2n) is 3.88. The first-order chi connectivity index (χ1) is 7.24. The summed E-state index contributed by atoms with van der Waals surface area (Å²) in [4.78, 5) is 11.3. The molecule has 0 unspecified atom stereocenters. The van der Waals surface area contributed by atoms with Gasteiger partial charge in [0.05, 0.1) is 6.42 Å². The molecule has 1 aromatic rings. The Kier molecular flexibility index (Phi) is 1.65. The topological polar surface area (TPSA) is 47.6 Å². The lowest BCUT2D eigenvalue weighted by Gasteiger charge is -2.25. The maximum atomic E-state index is 11.3. The molecule has 2 heterocycles. The van der Waals surface area contributed by atoms with Crippen molar-refractivity contribution in [1.29, 1.82) is 0 Å². The van der Waals surface area contributed by atoms with Crippen LogP contribution in [0.1, 0.15) is 12.5 Å². The number of hydrogen-bond acceptors (Lipinski definition) is 3. The van der Waals surface area contributed by atoms with Gasteiger partial charge in [-0.05, 0) is 19.1 Å². The van der Waals surface area contributed by atoms with Gasteiger partial charge in [-0.25, -0.2) is 0 Å². The van der Waals surface area contributed by atoms with E-state index < -0.39 is 0 Å². The van der Waals surface area contributed by atoms with Crippen LogP contribution in [0.5, 0.6) is 11.5 Å². The van der Waals surface area contributed by atoms with Crippen molar-refractivity contribution in [2.45, 2.75) is 19.4 Å². The Balaban J connectivity index is 2.12. The van der Waals surface area contributed by atoms with Gasteiger partial charge in [0.25, 0.3) is 0 Å². The van der Waals surface area contributed by atoms with Gasteiger partial charge in [-0.2, -0.15) is 0 Å². The highest BCUT2D eigenvalue weighted by Gasteiger charge is 2.28. The molecule has 2 aliphatic rings. The van der Waals surface area contributed by atoms with E-state index in [1.807, 2.05) is 19.1 Å². The van der Waals surface area contributed by atoms with Crippen molar-refractivity contribution in [2.24, 2.45) is 0 Å². The van der Waals surface area contributed by atoms with Gasteiger partial charge in [-0.1, -0.05) is 0 Å². The quantitative estimate of drug-likeness (QED) is 0.695. The van der Waals surface area contributed by atoms with E-state index in [0.717, 1.165) is 22.7 Å². The number of carbonyl (C=O) groups is 1. The van der Waals surface area contributed by atoms with E-state index in [-0.39, 0.29) is 12.0 Å². The standard InChI is InChI=1S/C11H11NO3/c1-6-5-14-9-3-2-8-7(11(9)15-6)4-10(13)12-8/h2-3,6H,4-5H2,1H3,(H,12,13)/t6-/m0/s1. The molecule has 4 nitrogen and oxygen atoms in total. The number of hydrogen-bond donors (Lipinski definition) is 1. The molecular formula is C11H11NO3. The predicted molar refractivity (Wildman–Crippen MR) is 54.4 cm³/mol. The van der Waals surface area contributed by atoms with Crippen LogP contribution in [0.3, 0.4) is 0 Å². The summed E-state index contributed by atoms with van der Waals surface area (Å²) in [6.45, 7) is 2.51. The SMILES string of the molecule is C[C@H]1COc2ccc3c(c2O1)CC(=O)N3. The molecule has 0 aliphatic carbocycles. The Morgan fingerprint density at radius 1 is 1.47 bits per heavy atom. The van der Waals surface area contributed by atoms with Crippen molar-refractivity contribution in [3.8, 4) is 11.5 Å². The van der Waals surface area contributed by atoms with E-state index in [4.69, 9.17) is 9.47 Å². The maximum absolute atomic E-state index is 11.3. The number of ether oxygens (including phenoxy) is 2. The Morgan fingerprint density at radius 2 is 2.33 bits per heavy atom. The molecule has 0 saturated carbocycles.